The van der Waals surface area contributed by atoms with Crippen LogP contribution in [0, 0.1) is 11.7 Å². The minimum atomic E-state index is -0.959. The Morgan fingerprint density at radius 2 is 2.16 bits per heavy atom. The molecular formula is C18H20FN3O3. The Hall–Kier alpha value is -2.70. The largest absolute Gasteiger partial charge is 0.481 e. The van der Waals surface area contributed by atoms with Crippen molar-refractivity contribution < 1.29 is 19.1 Å². The molecule has 1 N–H and O–H groups in total. The molecular weight excluding hydrogens is 325 g/mol. The first-order valence-corrected chi connectivity index (χ1v) is 8.31. The van der Waals surface area contributed by atoms with Gasteiger partial charge in [0.25, 0.3) is 0 Å². The summed E-state index contributed by atoms with van der Waals surface area (Å²) in [6, 6.07) is 7.04. The van der Waals surface area contributed by atoms with Crippen LogP contribution in [0.25, 0.3) is 0 Å². The predicted octanol–water partition coefficient (Wildman–Crippen LogP) is 2.48. The number of likely N-dealkylation sites (tertiary alicyclic amines) is 1. The number of amides is 1. The van der Waals surface area contributed by atoms with Crippen molar-refractivity contribution in [2.24, 2.45) is 5.92 Å². The summed E-state index contributed by atoms with van der Waals surface area (Å²) in [5, 5.41) is 13.7. The third-order valence-corrected chi connectivity index (χ3v) is 4.56. The molecule has 2 atom stereocenters. The smallest absolute Gasteiger partial charge is 0.308 e. The lowest BCUT2D eigenvalue weighted by Gasteiger charge is -2.40. The normalized spacial score (nSPS) is 20.7. The highest BCUT2D eigenvalue weighted by atomic mass is 19.1. The molecule has 3 rings (SSSR count). The first kappa shape index (κ1) is 17.1. The highest BCUT2D eigenvalue weighted by Gasteiger charge is 2.40. The fraction of sp³-hybridized carbons (Fsp3) is 0.389. The first-order valence-electron chi connectivity index (χ1n) is 8.31. The van der Waals surface area contributed by atoms with Crippen LogP contribution in [0.3, 0.4) is 0 Å². The number of carbonyl (C=O) groups excluding carboxylic acids is 1. The molecule has 2 heterocycles. The van der Waals surface area contributed by atoms with Crippen molar-refractivity contribution in [1.82, 2.24) is 14.7 Å². The maximum atomic E-state index is 13.6. The molecule has 0 bridgehead atoms. The van der Waals surface area contributed by atoms with Gasteiger partial charge in [0.05, 0.1) is 12.0 Å². The van der Waals surface area contributed by atoms with Gasteiger partial charge in [0.15, 0.2) is 0 Å². The fourth-order valence-corrected chi connectivity index (χ4v) is 3.41. The van der Waals surface area contributed by atoms with Crippen LogP contribution >= 0.6 is 0 Å². The molecule has 1 aliphatic heterocycles. The van der Waals surface area contributed by atoms with Gasteiger partial charge in [-0.05, 0) is 36.6 Å². The van der Waals surface area contributed by atoms with Gasteiger partial charge in [0, 0.05) is 31.9 Å². The standard InChI is InChI=1S/C18H20FN3O3/c19-14-5-1-4-13(12-14)17-15(18(24)25)6-7-16(23)22(17)11-3-10-21-9-2-8-20-21/h1-2,4-5,8-9,12,15,17H,3,6-7,10-11H2,(H,24,25)/t15-,17+/m1/s1. The Morgan fingerprint density at radius 3 is 2.84 bits per heavy atom. The van der Waals surface area contributed by atoms with Crippen LogP contribution in [0.5, 0.6) is 0 Å². The van der Waals surface area contributed by atoms with Gasteiger partial charge in [-0.15, -0.1) is 0 Å². The Morgan fingerprint density at radius 1 is 1.32 bits per heavy atom. The van der Waals surface area contributed by atoms with Crippen LogP contribution in [0.15, 0.2) is 42.7 Å². The topological polar surface area (TPSA) is 75.4 Å². The summed E-state index contributed by atoms with van der Waals surface area (Å²) in [5.74, 6) is -2.22. The summed E-state index contributed by atoms with van der Waals surface area (Å²) < 4.78 is 15.4. The summed E-state index contributed by atoms with van der Waals surface area (Å²) >= 11 is 0. The number of carbonyl (C=O) groups is 2. The number of carboxylic acids is 1. The average Bonchev–Trinajstić information content (AvgIpc) is 3.09. The van der Waals surface area contributed by atoms with Gasteiger partial charge in [-0.3, -0.25) is 14.3 Å². The molecule has 2 aromatic rings. The minimum absolute atomic E-state index is 0.0905. The predicted molar refractivity (Wildman–Crippen MR) is 88.1 cm³/mol. The number of rotatable bonds is 6. The van der Waals surface area contributed by atoms with Gasteiger partial charge in [-0.1, -0.05) is 12.1 Å². The summed E-state index contributed by atoms with van der Waals surface area (Å²) in [4.78, 5) is 25.7. The monoisotopic (exact) mass is 345 g/mol. The molecule has 0 aliphatic carbocycles. The van der Waals surface area contributed by atoms with E-state index in [9.17, 15) is 19.1 Å². The summed E-state index contributed by atoms with van der Waals surface area (Å²) in [6.07, 6.45) is 4.63. The maximum Gasteiger partial charge on any atom is 0.308 e. The number of benzene rings is 1. The van der Waals surface area contributed by atoms with Crippen LogP contribution in [-0.2, 0) is 16.1 Å². The Kier molecular flexibility index (Phi) is 5.11. The van der Waals surface area contributed by atoms with E-state index in [1.165, 1.54) is 12.1 Å². The number of aryl methyl sites for hydroxylation is 1. The highest BCUT2D eigenvalue weighted by molar-refractivity contribution is 5.81. The lowest BCUT2D eigenvalue weighted by molar-refractivity contribution is -0.152. The molecule has 0 radical (unpaired) electrons. The van der Waals surface area contributed by atoms with Gasteiger partial charge in [-0.25, -0.2) is 4.39 Å². The number of hydrogen-bond donors (Lipinski definition) is 1. The zero-order chi connectivity index (χ0) is 17.8. The molecule has 6 nitrogen and oxygen atoms in total. The molecule has 7 heteroatoms. The summed E-state index contributed by atoms with van der Waals surface area (Å²) in [7, 11) is 0. The molecule has 0 unspecified atom stereocenters. The van der Waals surface area contributed by atoms with Crippen molar-refractivity contribution in [1.29, 1.82) is 0 Å². The molecule has 0 saturated carbocycles. The molecule has 1 aromatic carbocycles. The molecule has 1 saturated heterocycles. The average molecular weight is 345 g/mol. The SMILES string of the molecule is O=C(O)[C@@H]1CCC(=O)N(CCCn2cccn2)[C@H]1c1cccc(F)c1. The molecule has 1 amide bonds. The van der Waals surface area contributed by atoms with Crippen molar-refractivity contribution in [2.75, 3.05) is 6.54 Å². The van der Waals surface area contributed by atoms with Gasteiger partial charge in [0.1, 0.15) is 5.82 Å². The van der Waals surface area contributed by atoms with Crippen molar-refractivity contribution in [3.05, 3.63) is 54.1 Å². The fourth-order valence-electron chi connectivity index (χ4n) is 3.41. The van der Waals surface area contributed by atoms with Gasteiger partial charge < -0.3 is 10.0 Å². The molecule has 25 heavy (non-hydrogen) atoms. The zero-order valence-electron chi connectivity index (χ0n) is 13.7. The van der Waals surface area contributed by atoms with Crippen LogP contribution in [0.1, 0.15) is 30.9 Å². The molecule has 132 valence electrons. The van der Waals surface area contributed by atoms with Crippen LogP contribution in [0.2, 0.25) is 0 Å². The van der Waals surface area contributed by atoms with E-state index in [1.54, 1.807) is 27.9 Å². The van der Waals surface area contributed by atoms with Crippen molar-refractivity contribution in [3.63, 3.8) is 0 Å². The molecule has 1 fully saturated rings. The van der Waals surface area contributed by atoms with E-state index in [1.807, 2.05) is 12.3 Å². The number of aliphatic carboxylic acids is 1. The van der Waals surface area contributed by atoms with E-state index in [0.29, 0.717) is 25.1 Å². The van der Waals surface area contributed by atoms with Crippen molar-refractivity contribution in [3.8, 4) is 0 Å². The van der Waals surface area contributed by atoms with E-state index >= 15 is 0 Å². The Bertz CT molecular complexity index is 748. The third-order valence-electron chi connectivity index (χ3n) is 4.56. The lowest BCUT2D eigenvalue weighted by Crippen LogP contribution is -2.46. The summed E-state index contributed by atoms with van der Waals surface area (Å²) in [5.41, 5.74) is 0.527. The number of aromatic nitrogens is 2. The zero-order valence-corrected chi connectivity index (χ0v) is 13.7. The second-order valence-corrected chi connectivity index (χ2v) is 6.19. The van der Waals surface area contributed by atoms with E-state index in [2.05, 4.69) is 5.10 Å². The number of piperidine rings is 1. The Labute approximate surface area is 144 Å². The number of carboxylic acid groups (broad SMARTS) is 1. The molecule has 1 aromatic heterocycles. The van der Waals surface area contributed by atoms with Crippen molar-refractivity contribution in [2.45, 2.75) is 31.8 Å². The quantitative estimate of drug-likeness (QED) is 0.873. The van der Waals surface area contributed by atoms with Gasteiger partial charge in [0.2, 0.25) is 5.91 Å². The number of halogens is 1. The van der Waals surface area contributed by atoms with Gasteiger partial charge in [-0.2, -0.15) is 5.10 Å². The highest BCUT2D eigenvalue weighted by Crippen LogP contribution is 2.37. The Balaban J connectivity index is 1.82. The van der Waals surface area contributed by atoms with Crippen LogP contribution in [-0.4, -0.2) is 38.2 Å². The molecule has 0 spiro atoms. The minimum Gasteiger partial charge on any atom is -0.481 e. The van der Waals surface area contributed by atoms with Gasteiger partial charge >= 0.3 is 5.97 Å². The number of hydrogen-bond acceptors (Lipinski definition) is 3. The summed E-state index contributed by atoms with van der Waals surface area (Å²) in [6.45, 7) is 1.04. The first-order chi connectivity index (χ1) is 12.1. The lowest BCUT2D eigenvalue weighted by atomic mass is 9.84. The van der Waals surface area contributed by atoms with E-state index in [4.69, 9.17) is 0 Å². The van der Waals surface area contributed by atoms with E-state index in [-0.39, 0.29) is 18.7 Å². The second kappa shape index (κ2) is 7.46. The van der Waals surface area contributed by atoms with Crippen molar-refractivity contribution >= 4 is 11.9 Å². The number of nitrogens with zero attached hydrogens (tertiary/aromatic N) is 3. The van der Waals surface area contributed by atoms with Crippen LogP contribution < -0.4 is 0 Å². The van der Waals surface area contributed by atoms with E-state index in [0.717, 1.165) is 0 Å². The third kappa shape index (κ3) is 3.87. The van der Waals surface area contributed by atoms with Crippen LogP contribution in [0.4, 0.5) is 4.39 Å². The van der Waals surface area contributed by atoms with E-state index < -0.39 is 23.7 Å². The maximum absolute atomic E-state index is 13.6. The second-order valence-electron chi connectivity index (χ2n) is 6.19. The molecule has 1 aliphatic rings.